The average Bonchev–Trinajstić information content (AvgIpc) is 2.59. The molecular formula is C22H14. The molecule has 5 rings (SSSR count). The largest absolute Gasteiger partial charge is 0.0616 e. The normalized spacial score (nSPS) is 11.6. The topological polar surface area (TPSA) is 0 Å². The van der Waals surface area contributed by atoms with E-state index < -0.39 is 0 Å². The quantitative estimate of drug-likeness (QED) is 0.230. The smallest absolute Gasteiger partial charge is 0.00987 e. The summed E-state index contributed by atoms with van der Waals surface area (Å²) in [6, 6.07) is 30.8. The fourth-order valence-corrected chi connectivity index (χ4v) is 3.51. The molecule has 0 spiro atoms. The van der Waals surface area contributed by atoms with Gasteiger partial charge in [0.1, 0.15) is 0 Å². The van der Waals surface area contributed by atoms with Gasteiger partial charge in [0, 0.05) is 0 Å². The first kappa shape index (κ1) is 11.8. The Hall–Kier alpha value is -2.86. The Bertz CT molecular complexity index is 1160. The number of hydrogen-bond acceptors (Lipinski definition) is 0. The first-order chi connectivity index (χ1) is 10.9. The average molecular weight is 278 g/mol. The Labute approximate surface area is 128 Å². The highest BCUT2D eigenvalue weighted by Gasteiger charge is 2.05. The molecule has 0 bridgehead atoms. The van der Waals surface area contributed by atoms with E-state index in [4.69, 9.17) is 0 Å². The molecule has 0 radical (unpaired) electrons. The second kappa shape index (κ2) is 4.32. The molecule has 0 aliphatic carbocycles. The van der Waals surface area contributed by atoms with Crippen LogP contribution in [-0.4, -0.2) is 0 Å². The SMILES string of the molecule is c1ccc2cc3c(ccc4c5ccccc5ccc34)cc2c1. The van der Waals surface area contributed by atoms with Gasteiger partial charge in [-0.3, -0.25) is 0 Å². The molecule has 5 aromatic rings. The van der Waals surface area contributed by atoms with E-state index in [1.54, 1.807) is 0 Å². The van der Waals surface area contributed by atoms with E-state index in [1.807, 2.05) is 0 Å². The summed E-state index contributed by atoms with van der Waals surface area (Å²) in [6.07, 6.45) is 0. The molecule has 0 saturated heterocycles. The van der Waals surface area contributed by atoms with E-state index in [-0.39, 0.29) is 0 Å². The van der Waals surface area contributed by atoms with Crippen LogP contribution in [0.3, 0.4) is 0 Å². The lowest BCUT2D eigenvalue weighted by atomic mass is 9.95. The van der Waals surface area contributed by atoms with Gasteiger partial charge in [-0.15, -0.1) is 0 Å². The van der Waals surface area contributed by atoms with Crippen LogP contribution in [0.2, 0.25) is 0 Å². The molecule has 0 aliphatic rings. The van der Waals surface area contributed by atoms with Crippen LogP contribution in [0, 0.1) is 0 Å². The third-order valence-corrected chi connectivity index (χ3v) is 4.61. The maximum Gasteiger partial charge on any atom is -0.00987 e. The molecule has 0 nitrogen and oxygen atoms in total. The molecule has 102 valence electrons. The van der Waals surface area contributed by atoms with Crippen molar-refractivity contribution in [3.05, 3.63) is 84.9 Å². The van der Waals surface area contributed by atoms with Crippen LogP contribution in [0.5, 0.6) is 0 Å². The Balaban J connectivity index is 2.02. The zero-order valence-electron chi connectivity index (χ0n) is 12.1. The van der Waals surface area contributed by atoms with Crippen molar-refractivity contribution in [1.82, 2.24) is 0 Å². The second-order valence-electron chi connectivity index (χ2n) is 5.87. The van der Waals surface area contributed by atoms with Gasteiger partial charge in [0.25, 0.3) is 0 Å². The lowest BCUT2D eigenvalue weighted by Crippen LogP contribution is -1.81. The monoisotopic (exact) mass is 278 g/mol. The molecule has 0 saturated carbocycles. The molecule has 0 atom stereocenters. The third kappa shape index (κ3) is 1.58. The summed E-state index contributed by atoms with van der Waals surface area (Å²) in [7, 11) is 0. The van der Waals surface area contributed by atoms with Crippen LogP contribution in [0.4, 0.5) is 0 Å². The summed E-state index contributed by atoms with van der Waals surface area (Å²) in [5, 5.41) is 10.5. The first-order valence-electron chi connectivity index (χ1n) is 7.63. The van der Waals surface area contributed by atoms with Crippen molar-refractivity contribution in [1.29, 1.82) is 0 Å². The van der Waals surface area contributed by atoms with Crippen LogP contribution < -0.4 is 0 Å². The van der Waals surface area contributed by atoms with Crippen molar-refractivity contribution in [3.63, 3.8) is 0 Å². The zero-order valence-corrected chi connectivity index (χ0v) is 12.1. The first-order valence-corrected chi connectivity index (χ1v) is 7.63. The fraction of sp³-hybridized carbons (Fsp3) is 0. The zero-order chi connectivity index (χ0) is 14.5. The van der Waals surface area contributed by atoms with E-state index in [9.17, 15) is 0 Å². The predicted molar refractivity (Wildman–Crippen MR) is 96.5 cm³/mol. The highest BCUT2D eigenvalue weighted by molar-refractivity contribution is 6.19. The van der Waals surface area contributed by atoms with Crippen LogP contribution in [0.25, 0.3) is 43.1 Å². The van der Waals surface area contributed by atoms with Gasteiger partial charge >= 0.3 is 0 Å². The van der Waals surface area contributed by atoms with Gasteiger partial charge < -0.3 is 0 Å². The lowest BCUT2D eigenvalue weighted by molar-refractivity contribution is 1.78. The molecule has 0 N–H and O–H groups in total. The van der Waals surface area contributed by atoms with Crippen molar-refractivity contribution in [2.75, 3.05) is 0 Å². The molecular weight excluding hydrogens is 264 g/mol. The molecule has 0 aromatic heterocycles. The maximum atomic E-state index is 2.32. The second-order valence-corrected chi connectivity index (χ2v) is 5.87. The van der Waals surface area contributed by atoms with E-state index in [1.165, 1.54) is 43.1 Å². The minimum atomic E-state index is 1.30. The molecule has 0 amide bonds. The fourth-order valence-electron chi connectivity index (χ4n) is 3.51. The summed E-state index contributed by atoms with van der Waals surface area (Å²) in [6.45, 7) is 0. The van der Waals surface area contributed by atoms with Gasteiger partial charge in [-0.2, -0.15) is 0 Å². The van der Waals surface area contributed by atoms with Gasteiger partial charge in [0.15, 0.2) is 0 Å². The van der Waals surface area contributed by atoms with Crippen molar-refractivity contribution in [2.45, 2.75) is 0 Å². The lowest BCUT2D eigenvalue weighted by Gasteiger charge is -2.09. The summed E-state index contributed by atoms with van der Waals surface area (Å²) < 4.78 is 0. The maximum absolute atomic E-state index is 2.32. The van der Waals surface area contributed by atoms with Gasteiger partial charge in [0.2, 0.25) is 0 Å². The van der Waals surface area contributed by atoms with Gasteiger partial charge in [0.05, 0.1) is 0 Å². The molecule has 5 aromatic carbocycles. The van der Waals surface area contributed by atoms with Crippen molar-refractivity contribution < 1.29 is 0 Å². The van der Waals surface area contributed by atoms with Crippen LogP contribution in [0.1, 0.15) is 0 Å². The van der Waals surface area contributed by atoms with Gasteiger partial charge in [-0.1, -0.05) is 72.8 Å². The van der Waals surface area contributed by atoms with E-state index in [2.05, 4.69) is 84.9 Å². The van der Waals surface area contributed by atoms with Gasteiger partial charge in [-0.05, 0) is 55.2 Å². The Morgan fingerprint density at radius 2 is 0.909 bits per heavy atom. The number of benzene rings is 5. The third-order valence-electron chi connectivity index (χ3n) is 4.61. The molecule has 0 heteroatoms. The Morgan fingerprint density at radius 1 is 0.318 bits per heavy atom. The van der Waals surface area contributed by atoms with Crippen LogP contribution in [-0.2, 0) is 0 Å². The highest BCUT2D eigenvalue weighted by Crippen LogP contribution is 2.33. The number of rotatable bonds is 0. The molecule has 0 aliphatic heterocycles. The van der Waals surface area contributed by atoms with E-state index in [0.717, 1.165) is 0 Å². The van der Waals surface area contributed by atoms with E-state index >= 15 is 0 Å². The summed E-state index contributed by atoms with van der Waals surface area (Å²) in [4.78, 5) is 0. The molecule has 22 heavy (non-hydrogen) atoms. The van der Waals surface area contributed by atoms with Crippen LogP contribution >= 0.6 is 0 Å². The molecule has 0 unspecified atom stereocenters. The molecule has 0 fully saturated rings. The predicted octanol–water partition coefficient (Wildman–Crippen LogP) is 6.30. The van der Waals surface area contributed by atoms with Crippen molar-refractivity contribution >= 4 is 43.1 Å². The Kier molecular flexibility index (Phi) is 2.31. The number of fused-ring (bicyclic) bond motifs is 6. The highest BCUT2D eigenvalue weighted by atomic mass is 14.1. The number of hydrogen-bond donors (Lipinski definition) is 0. The van der Waals surface area contributed by atoms with E-state index in [0.29, 0.717) is 0 Å². The standard InChI is InChI=1S/C22H14/c1-2-7-17-14-22-18(13-16(17)6-1)10-12-20-19-8-4-3-5-15(19)9-11-21(20)22/h1-14H. The molecule has 0 heterocycles. The van der Waals surface area contributed by atoms with Crippen molar-refractivity contribution in [3.8, 4) is 0 Å². The van der Waals surface area contributed by atoms with Crippen LogP contribution in [0.15, 0.2) is 84.9 Å². The summed E-state index contributed by atoms with van der Waals surface area (Å²) >= 11 is 0. The Morgan fingerprint density at radius 3 is 1.73 bits per heavy atom. The summed E-state index contributed by atoms with van der Waals surface area (Å²) in [5.74, 6) is 0. The van der Waals surface area contributed by atoms with Gasteiger partial charge in [-0.25, -0.2) is 0 Å². The minimum absolute atomic E-state index is 1.30. The minimum Gasteiger partial charge on any atom is -0.0616 e. The van der Waals surface area contributed by atoms with Crippen molar-refractivity contribution in [2.24, 2.45) is 0 Å². The summed E-state index contributed by atoms with van der Waals surface area (Å²) in [5.41, 5.74) is 0.